The van der Waals surface area contributed by atoms with Gasteiger partial charge in [-0.05, 0) is 36.2 Å². The van der Waals surface area contributed by atoms with Crippen molar-refractivity contribution in [3.63, 3.8) is 0 Å². The first-order chi connectivity index (χ1) is 14.4. The molecule has 10 heteroatoms. The van der Waals surface area contributed by atoms with Crippen molar-refractivity contribution in [2.75, 3.05) is 26.1 Å². The molecule has 2 rings (SSSR count). The molecule has 0 heterocycles. The maximum atomic E-state index is 12.2. The Bertz CT molecular complexity index is 1020. The van der Waals surface area contributed by atoms with E-state index >= 15 is 0 Å². The largest absolute Gasteiger partial charge is 0.493 e. The van der Waals surface area contributed by atoms with Crippen LogP contribution in [-0.2, 0) is 11.2 Å². The standard InChI is InChI=1S/C20H19ClN4O5/c1-29-18-6-3-13(9-19(18)30-2)7-8-23-20(26)14(11-22)12-24-15-4-5-16(21)17(10-15)25(27)28/h3-6,9-10,12,24H,7-8H2,1-2H3,(H,23,26)/b14-12-. The fourth-order valence-electron chi connectivity index (χ4n) is 2.50. The van der Waals surface area contributed by atoms with Crippen LogP contribution in [0, 0.1) is 21.4 Å². The summed E-state index contributed by atoms with van der Waals surface area (Å²) in [5.41, 5.74) is 0.770. The molecule has 9 nitrogen and oxygen atoms in total. The number of nitro groups is 1. The summed E-state index contributed by atoms with van der Waals surface area (Å²) in [4.78, 5) is 22.5. The maximum absolute atomic E-state index is 12.2. The summed E-state index contributed by atoms with van der Waals surface area (Å²) in [5.74, 6) is 0.614. The number of nitriles is 1. The fourth-order valence-corrected chi connectivity index (χ4v) is 2.68. The highest BCUT2D eigenvalue weighted by molar-refractivity contribution is 6.32. The van der Waals surface area contributed by atoms with E-state index in [1.165, 1.54) is 31.5 Å². The second kappa shape index (κ2) is 10.7. The minimum Gasteiger partial charge on any atom is -0.493 e. The molecule has 0 bridgehead atoms. The second-order valence-corrected chi connectivity index (χ2v) is 6.34. The Kier molecular flexibility index (Phi) is 8.02. The van der Waals surface area contributed by atoms with Gasteiger partial charge in [0, 0.05) is 24.5 Å². The van der Waals surface area contributed by atoms with E-state index in [2.05, 4.69) is 10.6 Å². The number of hydrogen-bond donors (Lipinski definition) is 2. The van der Waals surface area contributed by atoms with Crippen LogP contribution in [0.25, 0.3) is 0 Å². The molecule has 0 aliphatic heterocycles. The van der Waals surface area contributed by atoms with Gasteiger partial charge in [-0.15, -0.1) is 0 Å². The Morgan fingerprint density at radius 3 is 2.60 bits per heavy atom. The molecular formula is C20H19ClN4O5. The summed E-state index contributed by atoms with van der Waals surface area (Å²) in [6.45, 7) is 0.291. The van der Waals surface area contributed by atoms with Crippen LogP contribution in [0.15, 0.2) is 48.2 Å². The van der Waals surface area contributed by atoms with E-state index in [1.807, 2.05) is 6.07 Å². The molecule has 2 aromatic carbocycles. The predicted molar refractivity (Wildman–Crippen MR) is 112 cm³/mol. The van der Waals surface area contributed by atoms with Crippen LogP contribution in [0.5, 0.6) is 11.5 Å². The number of anilines is 1. The van der Waals surface area contributed by atoms with E-state index in [0.717, 1.165) is 5.56 Å². The van der Waals surface area contributed by atoms with Crippen LogP contribution in [0.4, 0.5) is 11.4 Å². The summed E-state index contributed by atoms with van der Waals surface area (Å²) in [7, 11) is 3.08. The number of rotatable bonds is 9. The maximum Gasteiger partial charge on any atom is 0.289 e. The average Bonchev–Trinajstić information content (AvgIpc) is 2.74. The van der Waals surface area contributed by atoms with E-state index in [4.69, 9.17) is 21.1 Å². The second-order valence-electron chi connectivity index (χ2n) is 5.93. The van der Waals surface area contributed by atoms with Crippen LogP contribution >= 0.6 is 11.6 Å². The van der Waals surface area contributed by atoms with Gasteiger partial charge in [-0.1, -0.05) is 17.7 Å². The topological polar surface area (TPSA) is 127 Å². The lowest BCUT2D eigenvalue weighted by molar-refractivity contribution is -0.384. The van der Waals surface area contributed by atoms with Gasteiger partial charge >= 0.3 is 0 Å². The molecule has 2 N–H and O–H groups in total. The Hall–Kier alpha value is -3.77. The predicted octanol–water partition coefficient (Wildman–Crippen LogP) is 3.44. The lowest BCUT2D eigenvalue weighted by atomic mass is 10.1. The summed E-state index contributed by atoms with van der Waals surface area (Å²) in [6.07, 6.45) is 1.69. The average molecular weight is 431 g/mol. The van der Waals surface area contributed by atoms with Gasteiger partial charge in [-0.3, -0.25) is 14.9 Å². The quantitative estimate of drug-likeness (QED) is 0.270. The first-order valence-electron chi connectivity index (χ1n) is 8.69. The number of nitrogens with zero attached hydrogens (tertiary/aromatic N) is 2. The minimum atomic E-state index is -0.622. The third-order valence-corrected chi connectivity index (χ3v) is 4.36. The molecule has 0 saturated carbocycles. The summed E-state index contributed by atoms with van der Waals surface area (Å²) < 4.78 is 10.4. The third-order valence-electron chi connectivity index (χ3n) is 4.04. The van der Waals surface area contributed by atoms with Crippen LogP contribution < -0.4 is 20.1 Å². The molecule has 1 amide bonds. The van der Waals surface area contributed by atoms with E-state index in [1.54, 1.807) is 25.3 Å². The Balaban J connectivity index is 1.97. The van der Waals surface area contributed by atoms with Crippen molar-refractivity contribution in [2.24, 2.45) is 0 Å². The number of amides is 1. The van der Waals surface area contributed by atoms with Crippen LogP contribution in [-0.4, -0.2) is 31.6 Å². The normalized spacial score (nSPS) is 10.7. The van der Waals surface area contributed by atoms with Gasteiger partial charge in [0.05, 0.1) is 19.1 Å². The minimum absolute atomic E-state index is 0.0112. The van der Waals surface area contributed by atoms with Crippen molar-refractivity contribution >= 4 is 28.9 Å². The number of hydrogen-bond acceptors (Lipinski definition) is 7. The molecule has 0 radical (unpaired) electrons. The highest BCUT2D eigenvalue weighted by atomic mass is 35.5. The monoisotopic (exact) mass is 430 g/mol. The van der Waals surface area contributed by atoms with Gasteiger partial charge in [0.2, 0.25) is 0 Å². The van der Waals surface area contributed by atoms with E-state index in [9.17, 15) is 20.2 Å². The summed E-state index contributed by atoms with van der Waals surface area (Å²) in [6, 6.07) is 11.3. The Labute approximate surface area is 178 Å². The van der Waals surface area contributed by atoms with Crippen molar-refractivity contribution in [3.05, 3.63) is 68.9 Å². The number of benzene rings is 2. The molecule has 0 aliphatic rings. The summed E-state index contributed by atoms with van der Waals surface area (Å²) >= 11 is 5.76. The van der Waals surface area contributed by atoms with Crippen molar-refractivity contribution in [2.45, 2.75) is 6.42 Å². The first-order valence-corrected chi connectivity index (χ1v) is 9.07. The number of nitrogens with one attached hydrogen (secondary N) is 2. The van der Waals surface area contributed by atoms with Gasteiger partial charge in [-0.2, -0.15) is 5.26 Å². The Morgan fingerprint density at radius 1 is 1.23 bits per heavy atom. The molecule has 0 aromatic heterocycles. The molecular weight excluding hydrogens is 412 g/mol. The molecule has 0 spiro atoms. The molecule has 2 aromatic rings. The SMILES string of the molecule is COc1ccc(CCNC(=O)/C(C#N)=C\Nc2ccc(Cl)c([N+](=O)[O-])c2)cc1OC. The van der Waals surface area contributed by atoms with Gasteiger partial charge in [0.25, 0.3) is 11.6 Å². The number of halogens is 1. The number of carbonyl (C=O) groups is 1. The highest BCUT2D eigenvalue weighted by Gasteiger charge is 2.13. The van der Waals surface area contributed by atoms with Crippen molar-refractivity contribution < 1.29 is 19.2 Å². The zero-order valence-electron chi connectivity index (χ0n) is 16.3. The van der Waals surface area contributed by atoms with Crippen LogP contribution in [0.1, 0.15) is 5.56 Å². The van der Waals surface area contributed by atoms with Crippen LogP contribution in [0.2, 0.25) is 5.02 Å². The number of carbonyl (C=O) groups excluding carboxylic acids is 1. The lowest BCUT2D eigenvalue weighted by Gasteiger charge is -2.10. The summed E-state index contributed by atoms with van der Waals surface area (Å²) in [5, 5.41) is 25.5. The zero-order chi connectivity index (χ0) is 22.1. The van der Waals surface area contributed by atoms with Crippen molar-refractivity contribution in [1.82, 2.24) is 5.32 Å². The highest BCUT2D eigenvalue weighted by Crippen LogP contribution is 2.28. The third kappa shape index (κ3) is 5.86. The zero-order valence-corrected chi connectivity index (χ0v) is 17.0. The van der Waals surface area contributed by atoms with Crippen molar-refractivity contribution in [3.8, 4) is 17.6 Å². The van der Waals surface area contributed by atoms with E-state index in [0.29, 0.717) is 30.2 Å². The lowest BCUT2D eigenvalue weighted by Crippen LogP contribution is -2.27. The number of nitro benzene ring substituents is 1. The molecule has 0 aliphatic carbocycles. The van der Waals surface area contributed by atoms with Gasteiger partial charge < -0.3 is 20.1 Å². The van der Waals surface area contributed by atoms with Crippen LogP contribution in [0.3, 0.4) is 0 Å². The fraction of sp³-hybridized carbons (Fsp3) is 0.200. The molecule has 30 heavy (non-hydrogen) atoms. The first kappa shape index (κ1) is 22.5. The Morgan fingerprint density at radius 2 is 1.97 bits per heavy atom. The van der Waals surface area contributed by atoms with Gasteiger partial charge in [0.15, 0.2) is 11.5 Å². The molecule has 0 fully saturated rings. The molecule has 0 unspecified atom stereocenters. The van der Waals surface area contributed by atoms with E-state index < -0.39 is 10.8 Å². The van der Waals surface area contributed by atoms with Crippen molar-refractivity contribution in [1.29, 1.82) is 5.26 Å². The number of ether oxygens (including phenoxy) is 2. The van der Waals surface area contributed by atoms with E-state index in [-0.39, 0.29) is 16.3 Å². The molecule has 0 atom stereocenters. The smallest absolute Gasteiger partial charge is 0.289 e. The van der Waals surface area contributed by atoms with Gasteiger partial charge in [-0.25, -0.2) is 0 Å². The number of methoxy groups -OCH3 is 2. The molecule has 156 valence electrons. The van der Waals surface area contributed by atoms with Gasteiger partial charge in [0.1, 0.15) is 16.7 Å². The molecule has 0 saturated heterocycles.